The molecule has 9 heteroatoms. The van der Waals surface area contributed by atoms with Crippen molar-refractivity contribution in [3.05, 3.63) is 69.7 Å². The Morgan fingerprint density at radius 2 is 1.85 bits per heavy atom. The molecule has 1 aliphatic carbocycles. The molecule has 0 fully saturated rings. The van der Waals surface area contributed by atoms with Crippen LogP contribution >= 0.6 is 11.3 Å². The lowest BCUT2D eigenvalue weighted by Crippen LogP contribution is -2.35. The average molecular weight is 490 g/mol. The highest BCUT2D eigenvalue weighted by atomic mass is 32.1. The number of ketones is 1. The van der Waals surface area contributed by atoms with Gasteiger partial charge < -0.3 is 4.90 Å². The van der Waals surface area contributed by atoms with Gasteiger partial charge in [-0.2, -0.15) is 18.3 Å². The van der Waals surface area contributed by atoms with Crippen molar-refractivity contribution in [3.8, 4) is 0 Å². The molecule has 0 aliphatic heterocycles. The van der Waals surface area contributed by atoms with Crippen molar-refractivity contribution < 1.29 is 22.8 Å². The zero-order chi connectivity index (χ0) is 24.3. The van der Waals surface area contributed by atoms with Crippen LogP contribution in [0, 0.1) is 5.92 Å². The van der Waals surface area contributed by atoms with E-state index >= 15 is 0 Å². The van der Waals surface area contributed by atoms with Gasteiger partial charge in [0.25, 0.3) is 0 Å². The van der Waals surface area contributed by atoms with E-state index in [0.29, 0.717) is 37.1 Å². The Kier molecular flexibility index (Phi) is 7.21. The van der Waals surface area contributed by atoms with E-state index in [9.17, 15) is 22.8 Å². The summed E-state index contributed by atoms with van der Waals surface area (Å²) in [4.78, 5) is 28.9. The number of hydrogen-bond acceptors (Lipinski definition) is 4. The van der Waals surface area contributed by atoms with Gasteiger partial charge in [-0.05, 0) is 55.7 Å². The normalized spacial score (nSPS) is 14.5. The molecule has 0 bridgehead atoms. The van der Waals surface area contributed by atoms with E-state index in [1.807, 2.05) is 47.8 Å². The van der Waals surface area contributed by atoms with Crippen molar-refractivity contribution in [2.75, 3.05) is 11.9 Å². The highest BCUT2D eigenvalue weighted by molar-refractivity contribution is 7.09. The lowest BCUT2D eigenvalue weighted by atomic mass is 9.94. The number of halogens is 3. The maximum atomic E-state index is 13.5. The summed E-state index contributed by atoms with van der Waals surface area (Å²) < 4.78 is 41.7. The number of nitrogens with zero attached hydrogens (tertiary/aromatic N) is 3. The van der Waals surface area contributed by atoms with Crippen LogP contribution in [0.5, 0.6) is 0 Å². The number of benzene rings is 1. The van der Waals surface area contributed by atoms with Crippen LogP contribution in [0.25, 0.3) is 0 Å². The topological polar surface area (TPSA) is 55.2 Å². The third-order valence-corrected chi connectivity index (χ3v) is 7.08. The van der Waals surface area contributed by atoms with Gasteiger partial charge in [-0.3, -0.25) is 14.3 Å². The van der Waals surface area contributed by atoms with Gasteiger partial charge in [-0.1, -0.05) is 24.3 Å². The van der Waals surface area contributed by atoms with Crippen molar-refractivity contribution in [1.29, 1.82) is 0 Å². The Morgan fingerprint density at radius 3 is 2.53 bits per heavy atom. The fourth-order valence-corrected chi connectivity index (χ4v) is 5.29. The Hall–Kier alpha value is -2.94. The smallest absolute Gasteiger partial charge is 0.315 e. The molecule has 1 aliphatic rings. The Bertz CT molecular complexity index is 1140. The molecule has 4 rings (SSSR count). The van der Waals surface area contributed by atoms with Crippen molar-refractivity contribution >= 4 is 28.7 Å². The second-order valence-electron chi connectivity index (χ2n) is 8.59. The third-order valence-electron chi connectivity index (χ3n) is 6.18. The second-order valence-corrected chi connectivity index (χ2v) is 9.62. The number of amides is 1. The molecule has 0 unspecified atom stereocenters. The number of alkyl halides is 3. The summed E-state index contributed by atoms with van der Waals surface area (Å²) in [6, 6.07) is 13.0. The summed E-state index contributed by atoms with van der Waals surface area (Å²) in [5.41, 5.74) is 0.535. The van der Waals surface area contributed by atoms with E-state index in [2.05, 4.69) is 5.10 Å². The Balaban J connectivity index is 1.54. The SMILES string of the molecule is CN(C(=O)[C@@H](CC(=O)Cn1nc(C(F)(F)F)c2c1CCCC2)Cc1cccs1)c1ccccc1. The number of thiophene rings is 1. The number of anilines is 1. The molecule has 1 amide bonds. The highest BCUT2D eigenvalue weighted by Gasteiger charge is 2.39. The minimum atomic E-state index is -4.55. The minimum Gasteiger partial charge on any atom is -0.315 e. The van der Waals surface area contributed by atoms with Crippen molar-refractivity contribution in [2.24, 2.45) is 5.92 Å². The fraction of sp³-hybridized carbons (Fsp3) is 0.400. The summed E-state index contributed by atoms with van der Waals surface area (Å²) >= 11 is 1.51. The van der Waals surface area contributed by atoms with Crippen molar-refractivity contribution in [2.45, 2.75) is 51.2 Å². The molecule has 34 heavy (non-hydrogen) atoms. The third kappa shape index (κ3) is 5.41. The van der Waals surface area contributed by atoms with Gasteiger partial charge in [-0.25, -0.2) is 0 Å². The quantitative estimate of drug-likeness (QED) is 0.430. The first-order valence-corrected chi connectivity index (χ1v) is 12.1. The highest BCUT2D eigenvalue weighted by Crippen LogP contribution is 2.36. The summed E-state index contributed by atoms with van der Waals surface area (Å²) in [5.74, 6) is -1.13. The van der Waals surface area contributed by atoms with Crippen LogP contribution in [0.15, 0.2) is 47.8 Å². The molecule has 180 valence electrons. The Labute approximate surface area is 200 Å². The van der Waals surface area contributed by atoms with Gasteiger partial charge in [0.05, 0.1) is 12.5 Å². The van der Waals surface area contributed by atoms with Crippen LogP contribution in [0.2, 0.25) is 0 Å². The summed E-state index contributed by atoms with van der Waals surface area (Å²) in [5, 5.41) is 5.70. The van der Waals surface area contributed by atoms with Crippen molar-refractivity contribution in [3.63, 3.8) is 0 Å². The molecule has 0 N–H and O–H groups in total. The van der Waals surface area contributed by atoms with Gasteiger partial charge in [0.1, 0.15) is 0 Å². The van der Waals surface area contributed by atoms with Crippen LogP contribution in [0.1, 0.15) is 41.1 Å². The zero-order valence-electron chi connectivity index (χ0n) is 18.8. The lowest BCUT2D eigenvalue weighted by Gasteiger charge is -2.23. The molecular formula is C25H26F3N3O2S. The number of hydrogen-bond donors (Lipinski definition) is 0. The maximum Gasteiger partial charge on any atom is 0.435 e. The lowest BCUT2D eigenvalue weighted by molar-refractivity contribution is -0.142. The van der Waals surface area contributed by atoms with Gasteiger partial charge in [0, 0.05) is 35.3 Å². The van der Waals surface area contributed by atoms with E-state index in [-0.39, 0.29) is 30.2 Å². The first-order chi connectivity index (χ1) is 16.2. The molecule has 0 spiro atoms. The monoisotopic (exact) mass is 489 g/mol. The standard InChI is InChI=1S/C25H26F3N3O2S/c1-30(18-8-3-2-4-9-18)24(33)17(15-20-10-7-13-34-20)14-19(32)16-31-22-12-6-5-11-21(22)23(29-31)25(26,27)28/h2-4,7-10,13,17H,5-6,11-12,14-16H2,1H3/t17-/m0/s1. The van der Waals surface area contributed by atoms with E-state index in [1.54, 1.807) is 7.05 Å². The molecule has 2 heterocycles. The average Bonchev–Trinajstić information content (AvgIpc) is 3.46. The zero-order valence-corrected chi connectivity index (χ0v) is 19.7. The largest absolute Gasteiger partial charge is 0.435 e. The minimum absolute atomic E-state index is 0.0656. The molecule has 5 nitrogen and oxygen atoms in total. The molecule has 0 saturated heterocycles. The van der Waals surface area contributed by atoms with Gasteiger partial charge in [0.2, 0.25) is 5.91 Å². The summed E-state index contributed by atoms with van der Waals surface area (Å²) in [6.07, 6.45) is -1.98. The molecule has 2 aromatic heterocycles. The van der Waals surface area contributed by atoms with Crippen LogP contribution in [-0.2, 0) is 41.6 Å². The van der Waals surface area contributed by atoms with Crippen LogP contribution < -0.4 is 4.90 Å². The fourth-order valence-electron chi connectivity index (χ4n) is 4.51. The van der Waals surface area contributed by atoms with E-state index < -0.39 is 17.8 Å². The van der Waals surface area contributed by atoms with Gasteiger partial charge in [-0.15, -0.1) is 11.3 Å². The number of rotatable bonds is 8. The summed E-state index contributed by atoms with van der Waals surface area (Å²) in [7, 11) is 1.67. The van der Waals surface area contributed by atoms with Gasteiger partial charge in [0.15, 0.2) is 11.5 Å². The van der Waals surface area contributed by atoms with E-state index in [1.165, 1.54) is 20.9 Å². The number of carbonyl (C=O) groups excluding carboxylic acids is 2. The predicted octanol–water partition coefficient (Wildman–Crippen LogP) is 5.32. The molecule has 0 radical (unpaired) electrons. The first kappa shape index (κ1) is 24.2. The predicted molar refractivity (Wildman–Crippen MR) is 125 cm³/mol. The summed E-state index contributed by atoms with van der Waals surface area (Å²) in [6.45, 7) is -0.262. The maximum absolute atomic E-state index is 13.5. The number of carbonyl (C=O) groups is 2. The first-order valence-electron chi connectivity index (χ1n) is 11.3. The molecular weight excluding hydrogens is 463 g/mol. The molecule has 0 saturated carbocycles. The van der Waals surface area contributed by atoms with Crippen LogP contribution in [0.3, 0.4) is 0 Å². The van der Waals surface area contributed by atoms with E-state index in [0.717, 1.165) is 11.3 Å². The molecule has 1 aromatic carbocycles. The van der Waals surface area contributed by atoms with Crippen LogP contribution in [-0.4, -0.2) is 28.5 Å². The van der Waals surface area contributed by atoms with Crippen molar-refractivity contribution in [1.82, 2.24) is 9.78 Å². The second kappa shape index (κ2) is 10.1. The number of Topliss-reactive ketones (excluding diaryl/α,β-unsaturated/α-hetero) is 1. The number of fused-ring (bicyclic) bond motifs is 1. The molecule has 1 atom stereocenters. The number of aromatic nitrogens is 2. The van der Waals surface area contributed by atoms with Gasteiger partial charge >= 0.3 is 6.18 Å². The molecule has 3 aromatic rings. The number of para-hydroxylation sites is 1. The Morgan fingerprint density at radius 1 is 1.12 bits per heavy atom. The van der Waals surface area contributed by atoms with E-state index in [4.69, 9.17) is 0 Å². The van der Waals surface area contributed by atoms with Crippen LogP contribution in [0.4, 0.5) is 18.9 Å².